The average molecular weight is 271 g/mol. The third-order valence-corrected chi connectivity index (χ3v) is 3.24. The zero-order valence-electron chi connectivity index (χ0n) is 7.14. The molecule has 2 aromatic heterocycles. The Labute approximate surface area is 93.6 Å². The molecule has 0 saturated heterocycles. The molecule has 0 fully saturated rings. The number of aliphatic hydroxyl groups is 1. The lowest BCUT2D eigenvalue weighted by atomic mass is 10.2. The van der Waals surface area contributed by atoms with E-state index in [0.717, 1.165) is 20.1 Å². The van der Waals surface area contributed by atoms with E-state index in [1.54, 1.807) is 12.4 Å². The van der Waals surface area contributed by atoms with Crippen LogP contribution in [0, 0.1) is 0 Å². The number of aromatic nitrogens is 2. The summed E-state index contributed by atoms with van der Waals surface area (Å²) in [5.41, 5.74) is 1.73. The Morgan fingerprint density at radius 3 is 3.00 bits per heavy atom. The highest BCUT2D eigenvalue weighted by molar-refractivity contribution is 9.11. The molecule has 0 atom stereocenters. The maximum Gasteiger partial charge on any atom is 0.160 e. The first-order chi connectivity index (χ1) is 6.81. The maximum absolute atomic E-state index is 9.12. The molecule has 0 aromatic carbocycles. The summed E-state index contributed by atoms with van der Waals surface area (Å²) in [5.74, 6) is 0. The Bertz CT molecular complexity index is 430. The number of nitrogens with zero attached hydrogens (tertiary/aromatic N) is 2. The van der Waals surface area contributed by atoms with Gasteiger partial charge in [-0.05, 0) is 28.1 Å². The van der Waals surface area contributed by atoms with Crippen LogP contribution in [0.1, 0.15) is 4.88 Å². The fourth-order valence-corrected chi connectivity index (χ4v) is 2.59. The molecule has 2 rings (SSSR count). The van der Waals surface area contributed by atoms with Crippen molar-refractivity contribution in [3.63, 3.8) is 0 Å². The molecule has 0 unspecified atom stereocenters. The molecular weight excluding hydrogens is 264 g/mol. The second-order valence-electron chi connectivity index (χ2n) is 2.64. The van der Waals surface area contributed by atoms with Crippen LogP contribution in [0.15, 0.2) is 28.4 Å². The summed E-state index contributed by atoms with van der Waals surface area (Å²) in [4.78, 5) is 9.15. The van der Waals surface area contributed by atoms with Crippen molar-refractivity contribution in [1.82, 2.24) is 9.97 Å². The van der Waals surface area contributed by atoms with Crippen LogP contribution in [0.4, 0.5) is 0 Å². The number of rotatable bonds is 2. The highest BCUT2D eigenvalue weighted by atomic mass is 79.9. The predicted octanol–water partition coefficient (Wildman–Crippen LogP) is 2.46. The van der Waals surface area contributed by atoms with Crippen LogP contribution in [-0.2, 0) is 6.61 Å². The summed E-state index contributed by atoms with van der Waals surface area (Å²) < 4.78 is 0.778. The fourth-order valence-electron chi connectivity index (χ4n) is 1.16. The molecule has 72 valence electrons. The van der Waals surface area contributed by atoms with Crippen LogP contribution in [0.3, 0.4) is 0 Å². The van der Waals surface area contributed by atoms with Crippen molar-refractivity contribution in [2.45, 2.75) is 6.61 Å². The molecule has 0 amide bonds. The van der Waals surface area contributed by atoms with Gasteiger partial charge in [-0.15, -0.1) is 11.3 Å². The second-order valence-corrected chi connectivity index (χ2v) is 5.00. The molecule has 14 heavy (non-hydrogen) atoms. The summed E-state index contributed by atoms with van der Waals surface area (Å²) in [5, 5.41) is 9.12. The molecule has 0 aliphatic carbocycles. The zero-order valence-corrected chi connectivity index (χ0v) is 9.55. The average Bonchev–Trinajstić information content (AvgIpc) is 2.61. The van der Waals surface area contributed by atoms with Gasteiger partial charge < -0.3 is 5.11 Å². The fraction of sp³-hybridized carbons (Fsp3) is 0.111. The molecular formula is C9H7BrN2OS. The molecule has 0 radical (unpaired) electrons. The quantitative estimate of drug-likeness (QED) is 0.912. The van der Waals surface area contributed by atoms with E-state index >= 15 is 0 Å². The summed E-state index contributed by atoms with van der Waals surface area (Å²) in [7, 11) is 0. The predicted molar refractivity (Wildman–Crippen MR) is 59.0 cm³/mol. The van der Waals surface area contributed by atoms with Crippen LogP contribution in [0.2, 0.25) is 0 Å². The standard InChI is InChI=1S/C9H7BrN2OS/c10-9-12-8(7(5-13)14-9)6-2-1-3-11-4-6/h1-4,13H,5H2. The first kappa shape index (κ1) is 9.76. The normalized spacial score (nSPS) is 10.4. The largest absolute Gasteiger partial charge is 0.391 e. The number of halogens is 1. The van der Waals surface area contributed by atoms with Crippen LogP contribution < -0.4 is 0 Å². The van der Waals surface area contributed by atoms with E-state index in [4.69, 9.17) is 5.11 Å². The van der Waals surface area contributed by atoms with Crippen molar-refractivity contribution in [1.29, 1.82) is 0 Å². The number of hydrogen-bond donors (Lipinski definition) is 1. The Kier molecular flexibility index (Phi) is 2.90. The second kappa shape index (κ2) is 4.16. The smallest absolute Gasteiger partial charge is 0.160 e. The lowest BCUT2D eigenvalue weighted by Gasteiger charge is -1.97. The van der Waals surface area contributed by atoms with E-state index in [1.807, 2.05) is 12.1 Å². The highest BCUT2D eigenvalue weighted by Crippen LogP contribution is 2.30. The maximum atomic E-state index is 9.12. The molecule has 1 N–H and O–H groups in total. The van der Waals surface area contributed by atoms with Gasteiger partial charge in [0.25, 0.3) is 0 Å². The first-order valence-electron chi connectivity index (χ1n) is 3.97. The van der Waals surface area contributed by atoms with E-state index in [0.29, 0.717) is 0 Å². The molecule has 5 heteroatoms. The van der Waals surface area contributed by atoms with E-state index in [1.165, 1.54) is 11.3 Å². The summed E-state index contributed by atoms with van der Waals surface area (Å²) in [6.07, 6.45) is 3.45. The van der Waals surface area contributed by atoms with E-state index in [2.05, 4.69) is 25.9 Å². The van der Waals surface area contributed by atoms with Crippen molar-refractivity contribution < 1.29 is 5.11 Å². The van der Waals surface area contributed by atoms with Gasteiger partial charge in [0, 0.05) is 18.0 Å². The van der Waals surface area contributed by atoms with Crippen molar-refractivity contribution >= 4 is 27.3 Å². The van der Waals surface area contributed by atoms with Crippen molar-refractivity contribution in [2.75, 3.05) is 0 Å². The monoisotopic (exact) mass is 270 g/mol. The molecule has 2 heterocycles. The number of pyridine rings is 1. The molecule has 0 spiro atoms. The summed E-state index contributed by atoms with van der Waals surface area (Å²) in [6.45, 7) is 0.00743. The van der Waals surface area contributed by atoms with E-state index < -0.39 is 0 Å². The van der Waals surface area contributed by atoms with Gasteiger partial charge in [0.1, 0.15) is 0 Å². The van der Waals surface area contributed by atoms with Gasteiger partial charge in [-0.25, -0.2) is 4.98 Å². The lowest BCUT2D eigenvalue weighted by molar-refractivity contribution is 0.286. The van der Waals surface area contributed by atoms with Crippen LogP contribution in [0.5, 0.6) is 0 Å². The van der Waals surface area contributed by atoms with Crippen molar-refractivity contribution in [3.05, 3.63) is 33.3 Å². The molecule has 0 aliphatic heterocycles. The zero-order chi connectivity index (χ0) is 9.97. The molecule has 0 aliphatic rings. The van der Waals surface area contributed by atoms with E-state index in [-0.39, 0.29) is 6.61 Å². The minimum Gasteiger partial charge on any atom is -0.391 e. The summed E-state index contributed by atoms with van der Waals surface area (Å²) in [6, 6.07) is 3.78. The number of hydrogen-bond acceptors (Lipinski definition) is 4. The van der Waals surface area contributed by atoms with Gasteiger partial charge in [-0.1, -0.05) is 0 Å². The SMILES string of the molecule is OCc1sc(Br)nc1-c1cccnc1. The van der Waals surface area contributed by atoms with Crippen LogP contribution >= 0.6 is 27.3 Å². The number of aliphatic hydroxyl groups excluding tert-OH is 1. The minimum absolute atomic E-state index is 0.00743. The van der Waals surface area contributed by atoms with Crippen molar-refractivity contribution in [2.24, 2.45) is 0 Å². The third-order valence-electron chi connectivity index (χ3n) is 1.75. The van der Waals surface area contributed by atoms with Gasteiger partial charge in [-0.3, -0.25) is 4.98 Å². The van der Waals surface area contributed by atoms with Gasteiger partial charge in [0.15, 0.2) is 3.92 Å². The first-order valence-corrected chi connectivity index (χ1v) is 5.58. The third kappa shape index (κ3) is 1.84. The minimum atomic E-state index is 0.00743. The van der Waals surface area contributed by atoms with Crippen LogP contribution in [0.25, 0.3) is 11.3 Å². The van der Waals surface area contributed by atoms with Gasteiger partial charge in [0.2, 0.25) is 0 Å². The Hall–Kier alpha value is -0.780. The van der Waals surface area contributed by atoms with Crippen molar-refractivity contribution in [3.8, 4) is 11.3 Å². The Morgan fingerprint density at radius 1 is 1.50 bits per heavy atom. The Balaban J connectivity index is 2.51. The summed E-state index contributed by atoms with van der Waals surface area (Å²) >= 11 is 4.73. The van der Waals surface area contributed by atoms with Gasteiger partial charge in [0.05, 0.1) is 17.2 Å². The van der Waals surface area contributed by atoms with Crippen LogP contribution in [-0.4, -0.2) is 15.1 Å². The van der Waals surface area contributed by atoms with E-state index in [9.17, 15) is 0 Å². The molecule has 0 bridgehead atoms. The number of thiazole rings is 1. The lowest BCUT2D eigenvalue weighted by Crippen LogP contribution is -1.85. The topological polar surface area (TPSA) is 46.0 Å². The van der Waals surface area contributed by atoms with Gasteiger partial charge in [-0.2, -0.15) is 0 Å². The Morgan fingerprint density at radius 2 is 2.36 bits per heavy atom. The molecule has 3 nitrogen and oxygen atoms in total. The highest BCUT2D eigenvalue weighted by Gasteiger charge is 2.10. The van der Waals surface area contributed by atoms with Gasteiger partial charge >= 0.3 is 0 Å². The molecule has 0 saturated carbocycles. The molecule has 2 aromatic rings.